The quantitative estimate of drug-likeness (QED) is 0.647. The molecule has 0 atom stereocenters. The van der Waals surface area contributed by atoms with Crippen LogP contribution in [0.1, 0.15) is 21.5 Å². The van der Waals surface area contributed by atoms with E-state index in [1.54, 1.807) is 11.0 Å². The number of nitrogens with zero attached hydrogens (tertiary/aromatic N) is 3. The molecule has 3 rings (SSSR count). The van der Waals surface area contributed by atoms with Crippen molar-refractivity contribution in [2.24, 2.45) is 0 Å². The minimum atomic E-state index is -0.862. The lowest BCUT2D eigenvalue weighted by Crippen LogP contribution is -2.36. The minimum absolute atomic E-state index is 0.191. The van der Waals surface area contributed by atoms with Crippen LogP contribution in [0.4, 0.5) is 8.78 Å². The molecule has 0 fully saturated rings. The van der Waals surface area contributed by atoms with Gasteiger partial charge in [0.25, 0.3) is 5.91 Å². The Morgan fingerprint density at radius 2 is 1.71 bits per heavy atom. The summed E-state index contributed by atoms with van der Waals surface area (Å²) in [6, 6.07) is 10.0. The highest BCUT2D eigenvalue weighted by atomic mass is 19.1. The fourth-order valence-electron chi connectivity index (χ4n) is 2.58. The summed E-state index contributed by atoms with van der Waals surface area (Å²) in [6.07, 6.45) is 3.04. The number of rotatable bonds is 7. The van der Waals surface area contributed by atoms with E-state index in [-0.39, 0.29) is 18.7 Å². The van der Waals surface area contributed by atoms with Gasteiger partial charge in [0, 0.05) is 18.2 Å². The van der Waals surface area contributed by atoms with E-state index in [2.05, 4.69) is 20.7 Å². The molecule has 2 amide bonds. The van der Waals surface area contributed by atoms with Crippen molar-refractivity contribution in [3.05, 3.63) is 83.4 Å². The fourth-order valence-corrected chi connectivity index (χ4v) is 2.58. The summed E-state index contributed by atoms with van der Waals surface area (Å²) in [5, 5.41) is 9.09. The average Bonchev–Trinajstić information content (AvgIpc) is 3.17. The number of carbonyl (C=O) groups excluding carboxylic acids is 2. The summed E-state index contributed by atoms with van der Waals surface area (Å²) in [4.78, 5) is 27.8. The first-order chi connectivity index (χ1) is 13.5. The van der Waals surface area contributed by atoms with Gasteiger partial charge in [-0.3, -0.25) is 9.59 Å². The Balaban J connectivity index is 1.53. The van der Waals surface area contributed by atoms with E-state index in [0.29, 0.717) is 12.6 Å². The van der Waals surface area contributed by atoms with E-state index >= 15 is 0 Å². The molecule has 0 saturated heterocycles. The SMILES string of the molecule is O=C(CNC(=O)c1cc(F)cc(F)c1)NCc1ccccc1Cn1cncn1. The van der Waals surface area contributed by atoms with Crippen LogP contribution in [0.25, 0.3) is 0 Å². The van der Waals surface area contributed by atoms with Gasteiger partial charge >= 0.3 is 0 Å². The Labute approximate surface area is 159 Å². The largest absolute Gasteiger partial charge is 0.350 e. The molecule has 0 saturated carbocycles. The topological polar surface area (TPSA) is 88.9 Å². The number of aromatic nitrogens is 3. The third kappa shape index (κ3) is 5.19. The average molecular weight is 385 g/mol. The van der Waals surface area contributed by atoms with Gasteiger partial charge in [0.05, 0.1) is 13.1 Å². The molecule has 2 aromatic carbocycles. The van der Waals surface area contributed by atoms with Gasteiger partial charge in [0.15, 0.2) is 0 Å². The van der Waals surface area contributed by atoms with E-state index in [0.717, 1.165) is 23.3 Å². The Morgan fingerprint density at radius 1 is 1.00 bits per heavy atom. The van der Waals surface area contributed by atoms with Gasteiger partial charge in [0.2, 0.25) is 5.91 Å². The number of hydrogen-bond donors (Lipinski definition) is 2. The first-order valence-electron chi connectivity index (χ1n) is 8.41. The van der Waals surface area contributed by atoms with Crippen LogP contribution in [0.5, 0.6) is 0 Å². The molecule has 9 heteroatoms. The first kappa shape index (κ1) is 19.2. The maximum atomic E-state index is 13.2. The maximum Gasteiger partial charge on any atom is 0.251 e. The van der Waals surface area contributed by atoms with Crippen molar-refractivity contribution in [1.29, 1.82) is 0 Å². The van der Waals surface area contributed by atoms with Gasteiger partial charge in [0.1, 0.15) is 24.3 Å². The highest BCUT2D eigenvalue weighted by Crippen LogP contribution is 2.10. The summed E-state index contributed by atoms with van der Waals surface area (Å²) in [5.74, 6) is -2.89. The van der Waals surface area contributed by atoms with Crippen LogP contribution >= 0.6 is 0 Å². The van der Waals surface area contributed by atoms with Crippen molar-refractivity contribution in [3.8, 4) is 0 Å². The monoisotopic (exact) mass is 385 g/mol. The Kier molecular flexibility index (Phi) is 6.05. The third-order valence-corrected chi connectivity index (χ3v) is 3.93. The van der Waals surface area contributed by atoms with E-state index < -0.39 is 23.4 Å². The lowest BCUT2D eigenvalue weighted by molar-refractivity contribution is -0.120. The predicted octanol–water partition coefficient (Wildman–Crippen LogP) is 1.65. The van der Waals surface area contributed by atoms with Crippen molar-refractivity contribution in [3.63, 3.8) is 0 Å². The summed E-state index contributed by atoms with van der Waals surface area (Å²) < 4.78 is 28.0. The number of nitrogens with one attached hydrogen (secondary N) is 2. The summed E-state index contributed by atoms with van der Waals surface area (Å²) in [5.41, 5.74) is 1.67. The zero-order valence-electron chi connectivity index (χ0n) is 14.7. The lowest BCUT2D eigenvalue weighted by Gasteiger charge is -2.11. The second-order valence-electron chi connectivity index (χ2n) is 5.98. The van der Waals surface area contributed by atoms with E-state index in [4.69, 9.17) is 0 Å². The van der Waals surface area contributed by atoms with Crippen LogP contribution < -0.4 is 10.6 Å². The van der Waals surface area contributed by atoms with Gasteiger partial charge < -0.3 is 10.6 Å². The molecule has 0 spiro atoms. The zero-order valence-corrected chi connectivity index (χ0v) is 14.7. The molecule has 144 valence electrons. The summed E-state index contributed by atoms with van der Waals surface area (Å²) >= 11 is 0. The van der Waals surface area contributed by atoms with Crippen molar-refractivity contribution in [2.75, 3.05) is 6.54 Å². The smallest absolute Gasteiger partial charge is 0.251 e. The highest BCUT2D eigenvalue weighted by Gasteiger charge is 2.11. The minimum Gasteiger partial charge on any atom is -0.350 e. The fraction of sp³-hybridized carbons (Fsp3) is 0.158. The van der Waals surface area contributed by atoms with Crippen molar-refractivity contribution in [2.45, 2.75) is 13.1 Å². The summed E-state index contributed by atoms with van der Waals surface area (Å²) in [7, 11) is 0. The number of benzene rings is 2. The van der Waals surface area contributed by atoms with E-state index in [1.807, 2.05) is 24.3 Å². The van der Waals surface area contributed by atoms with Gasteiger partial charge in [-0.2, -0.15) is 5.10 Å². The molecular weight excluding hydrogens is 368 g/mol. The normalized spacial score (nSPS) is 10.5. The second kappa shape index (κ2) is 8.85. The van der Waals surface area contributed by atoms with E-state index in [9.17, 15) is 18.4 Å². The Hall–Kier alpha value is -3.62. The molecule has 0 aliphatic heterocycles. The lowest BCUT2D eigenvalue weighted by atomic mass is 10.1. The van der Waals surface area contributed by atoms with Crippen LogP contribution in [0.3, 0.4) is 0 Å². The molecule has 0 unspecified atom stereocenters. The van der Waals surface area contributed by atoms with Gasteiger partial charge in [-0.25, -0.2) is 18.4 Å². The second-order valence-corrected chi connectivity index (χ2v) is 5.98. The van der Waals surface area contributed by atoms with Gasteiger partial charge in [-0.1, -0.05) is 24.3 Å². The zero-order chi connectivity index (χ0) is 19.9. The molecule has 0 aliphatic rings. The highest BCUT2D eigenvalue weighted by molar-refractivity contribution is 5.96. The number of amides is 2. The van der Waals surface area contributed by atoms with Crippen molar-refractivity contribution >= 4 is 11.8 Å². The molecule has 28 heavy (non-hydrogen) atoms. The number of carbonyl (C=O) groups is 2. The number of hydrogen-bond acceptors (Lipinski definition) is 4. The van der Waals surface area contributed by atoms with Crippen molar-refractivity contribution < 1.29 is 18.4 Å². The van der Waals surface area contributed by atoms with Crippen LogP contribution in [-0.4, -0.2) is 33.1 Å². The van der Waals surface area contributed by atoms with Crippen LogP contribution in [-0.2, 0) is 17.9 Å². The summed E-state index contributed by atoms with van der Waals surface area (Å²) in [6.45, 7) is 0.449. The molecule has 2 N–H and O–H groups in total. The van der Waals surface area contributed by atoms with Gasteiger partial charge in [-0.05, 0) is 23.3 Å². The van der Waals surface area contributed by atoms with Gasteiger partial charge in [-0.15, -0.1) is 0 Å². The Morgan fingerprint density at radius 3 is 2.39 bits per heavy atom. The molecule has 0 bridgehead atoms. The van der Waals surface area contributed by atoms with Crippen LogP contribution in [0.2, 0.25) is 0 Å². The first-order valence-corrected chi connectivity index (χ1v) is 8.41. The molecule has 1 heterocycles. The Bertz CT molecular complexity index is 956. The molecule has 3 aromatic rings. The molecular formula is C19H17F2N5O2. The predicted molar refractivity (Wildman–Crippen MR) is 96.1 cm³/mol. The third-order valence-electron chi connectivity index (χ3n) is 3.93. The standard InChI is InChI=1S/C19H17F2N5O2/c20-16-5-15(6-17(21)7-16)19(28)24-9-18(27)23-8-13-3-1-2-4-14(13)10-26-12-22-11-25-26/h1-7,11-12H,8-10H2,(H,23,27)(H,24,28). The molecule has 1 aromatic heterocycles. The maximum absolute atomic E-state index is 13.2. The van der Waals surface area contributed by atoms with Crippen molar-refractivity contribution in [1.82, 2.24) is 25.4 Å². The van der Waals surface area contributed by atoms with Crippen LogP contribution in [0, 0.1) is 11.6 Å². The molecule has 7 nitrogen and oxygen atoms in total. The molecule has 0 radical (unpaired) electrons. The van der Waals surface area contributed by atoms with Crippen LogP contribution in [0.15, 0.2) is 55.1 Å². The molecule has 0 aliphatic carbocycles. The number of halogens is 2. The van der Waals surface area contributed by atoms with E-state index in [1.165, 1.54) is 6.33 Å².